The predicted octanol–water partition coefficient (Wildman–Crippen LogP) is 4.42. The van der Waals surface area contributed by atoms with Gasteiger partial charge >= 0.3 is 18.1 Å². The molecule has 1 heterocycles. The summed E-state index contributed by atoms with van der Waals surface area (Å²) in [4.78, 5) is 37.8. The number of benzene rings is 2. The number of carbonyl (C=O) groups is 3. The maximum absolute atomic E-state index is 13.0. The summed E-state index contributed by atoms with van der Waals surface area (Å²) in [5, 5.41) is 2.18. The van der Waals surface area contributed by atoms with Crippen molar-refractivity contribution < 1.29 is 23.9 Å². The summed E-state index contributed by atoms with van der Waals surface area (Å²) in [6.45, 7) is 2.80. The molecule has 0 aromatic heterocycles. The number of imide groups is 1. The van der Waals surface area contributed by atoms with Crippen molar-refractivity contribution in [1.29, 1.82) is 0 Å². The monoisotopic (exact) mass is 402 g/mol. The van der Waals surface area contributed by atoms with Crippen molar-refractivity contribution in [1.82, 2.24) is 5.32 Å². The van der Waals surface area contributed by atoms with Crippen LogP contribution in [0.15, 0.2) is 48.5 Å². The van der Waals surface area contributed by atoms with Gasteiger partial charge < -0.3 is 9.47 Å². The van der Waals surface area contributed by atoms with Crippen molar-refractivity contribution in [3.63, 3.8) is 0 Å². The van der Waals surface area contributed by atoms with Crippen LogP contribution < -0.4 is 10.2 Å². The third-order valence-corrected chi connectivity index (χ3v) is 4.24. The first-order chi connectivity index (χ1) is 13.4. The summed E-state index contributed by atoms with van der Waals surface area (Å²) in [5.41, 5.74) is 1.64. The third kappa shape index (κ3) is 4.26. The number of rotatable bonds is 2. The Kier molecular flexibility index (Phi) is 5.84. The predicted molar refractivity (Wildman–Crippen MR) is 104 cm³/mol. The fourth-order valence-electron chi connectivity index (χ4n) is 3.15. The molecule has 1 aliphatic heterocycles. The molecule has 28 heavy (non-hydrogen) atoms. The van der Waals surface area contributed by atoms with Gasteiger partial charge in [-0.05, 0) is 24.6 Å². The highest BCUT2D eigenvalue weighted by atomic mass is 35.5. The number of carbonyl (C=O) groups excluding carboxylic acids is 3. The Bertz CT molecular complexity index is 915. The number of alkyl carbamates (subject to hydrolysis) is 1. The molecule has 3 rings (SSSR count). The maximum atomic E-state index is 13.0. The van der Waals surface area contributed by atoms with E-state index in [1.54, 1.807) is 36.4 Å². The highest BCUT2D eigenvalue weighted by molar-refractivity contribution is 6.20. The van der Waals surface area contributed by atoms with E-state index in [1.807, 2.05) is 12.1 Å². The number of para-hydroxylation sites is 2. The minimum absolute atomic E-state index is 0.389. The van der Waals surface area contributed by atoms with Crippen molar-refractivity contribution in [2.45, 2.75) is 31.9 Å². The number of ether oxygens (including phenoxy) is 2. The van der Waals surface area contributed by atoms with Gasteiger partial charge in [-0.15, -0.1) is 0 Å². The summed E-state index contributed by atoms with van der Waals surface area (Å²) in [5.74, 6) is -0.421. The van der Waals surface area contributed by atoms with Gasteiger partial charge in [0.15, 0.2) is 5.56 Å². The van der Waals surface area contributed by atoms with Crippen LogP contribution in [-0.4, -0.2) is 23.7 Å². The van der Waals surface area contributed by atoms with Crippen LogP contribution in [0.4, 0.5) is 21.0 Å². The molecule has 0 spiro atoms. The Morgan fingerprint density at radius 1 is 1.11 bits per heavy atom. The Morgan fingerprint density at radius 3 is 2.43 bits per heavy atom. The summed E-state index contributed by atoms with van der Waals surface area (Å²) >= 11 is 5.64. The molecule has 0 saturated carbocycles. The van der Waals surface area contributed by atoms with Gasteiger partial charge in [0.25, 0.3) is 0 Å². The SMILES string of the molecule is CC(=O)O[C@H]1Cc2ccccc2N(C(=O)NC(=O)OC(C)Cl)c2ccccc21. The molecule has 1 N–H and O–H groups in total. The van der Waals surface area contributed by atoms with E-state index in [0.29, 0.717) is 23.4 Å². The molecule has 1 aliphatic rings. The molecule has 146 valence electrons. The van der Waals surface area contributed by atoms with Gasteiger partial charge in [0.05, 0.1) is 11.4 Å². The number of halogens is 1. The van der Waals surface area contributed by atoms with Crippen LogP contribution in [-0.2, 0) is 20.7 Å². The molecule has 1 unspecified atom stereocenters. The zero-order chi connectivity index (χ0) is 20.3. The van der Waals surface area contributed by atoms with Gasteiger partial charge in [-0.3, -0.25) is 9.69 Å². The van der Waals surface area contributed by atoms with E-state index in [2.05, 4.69) is 5.32 Å². The second-order valence-electron chi connectivity index (χ2n) is 6.20. The van der Waals surface area contributed by atoms with Crippen molar-refractivity contribution in [2.75, 3.05) is 4.90 Å². The van der Waals surface area contributed by atoms with E-state index in [9.17, 15) is 14.4 Å². The molecule has 8 heteroatoms. The van der Waals surface area contributed by atoms with E-state index >= 15 is 0 Å². The highest BCUT2D eigenvalue weighted by Crippen LogP contribution is 2.41. The van der Waals surface area contributed by atoms with Crippen molar-refractivity contribution in [3.8, 4) is 0 Å². The third-order valence-electron chi connectivity index (χ3n) is 4.15. The van der Waals surface area contributed by atoms with E-state index in [1.165, 1.54) is 18.7 Å². The lowest BCUT2D eigenvalue weighted by Gasteiger charge is -2.25. The lowest BCUT2D eigenvalue weighted by atomic mass is 10.0. The topological polar surface area (TPSA) is 84.9 Å². The second-order valence-corrected chi connectivity index (χ2v) is 6.82. The lowest BCUT2D eigenvalue weighted by Crippen LogP contribution is -2.41. The van der Waals surface area contributed by atoms with E-state index in [4.69, 9.17) is 21.1 Å². The summed E-state index contributed by atoms with van der Waals surface area (Å²) < 4.78 is 10.3. The minimum Gasteiger partial charge on any atom is -0.457 e. The number of esters is 1. The average Bonchev–Trinajstić information content (AvgIpc) is 2.75. The Morgan fingerprint density at radius 2 is 1.75 bits per heavy atom. The van der Waals surface area contributed by atoms with Gasteiger partial charge in [-0.2, -0.15) is 0 Å². The van der Waals surface area contributed by atoms with E-state index in [-0.39, 0.29) is 0 Å². The molecular formula is C20H19ClN2O5. The van der Waals surface area contributed by atoms with E-state index < -0.39 is 29.8 Å². The Labute approximate surface area is 167 Å². The quantitative estimate of drug-likeness (QED) is 0.593. The number of nitrogens with one attached hydrogen (secondary N) is 1. The van der Waals surface area contributed by atoms with Gasteiger partial charge in [0, 0.05) is 18.9 Å². The molecule has 0 radical (unpaired) electrons. The first-order valence-corrected chi connectivity index (χ1v) is 9.10. The largest absolute Gasteiger partial charge is 0.457 e. The smallest absolute Gasteiger partial charge is 0.416 e. The first-order valence-electron chi connectivity index (χ1n) is 8.66. The van der Waals surface area contributed by atoms with Crippen molar-refractivity contribution in [2.24, 2.45) is 0 Å². The molecule has 0 bridgehead atoms. The minimum atomic E-state index is -0.955. The van der Waals surface area contributed by atoms with Gasteiger partial charge in [-0.1, -0.05) is 48.0 Å². The van der Waals surface area contributed by atoms with Crippen molar-refractivity contribution in [3.05, 3.63) is 59.7 Å². The van der Waals surface area contributed by atoms with Crippen LogP contribution in [0.1, 0.15) is 31.1 Å². The molecule has 2 aromatic rings. The Balaban J connectivity index is 2.07. The van der Waals surface area contributed by atoms with Gasteiger partial charge in [0.2, 0.25) is 0 Å². The first kappa shape index (κ1) is 19.7. The number of alkyl halides is 1. The maximum Gasteiger partial charge on any atom is 0.416 e. The van der Waals surface area contributed by atoms with Gasteiger partial charge in [-0.25, -0.2) is 14.9 Å². The standard InChI is InChI=1S/C20H19ClN2O5/c1-12(21)27-20(26)22-19(25)23-16-9-5-3-7-14(16)11-18(28-13(2)24)15-8-4-6-10-17(15)23/h3-10,12,18H,11H2,1-2H3,(H,22,25,26)/t12?,18-/m0/s1. The number of nitrogens with zero attached hydrogens (tertiary/aromatic N) is 1. The normalized spacial score (nSPS) is 16.1. The van der Waals surface area contributed by atoms with Crippen LogP contribution in [0.2, 0.25) is 0 Å². The number of anilines is 2. The zero-order valence-electron chi connectivity index (χ0n) is 15.3. The van der Waals surface area contributed by atoms with Crippen molar-refractivity contribution >= 4 is 41.1 Å². The molecule has 0 aliphatic carbocycles. The molecule has 0 fully saturated rings. The molecule has 2 atom stereocenters. The molecule has 2 aromatic carbocycles. The van der Waals surface area contributed by atoms with Crippen LogP contribution in [0.5, 0.6) is 0 Å². The zero-order valence-corrected chi connectivity index (χ0v) is 16.1. The van der Waals surface area contributed by atoms with Crippen LogP contribution in [0.3, 0.4) is 0 Å². The number of fused-ring (bicyclic) bond motifs is 2. The summed E-state index contributed by atoms with van der Waals surface area (Å²) in [7, 11) is 0. The number of urea groups is 1. The van der Waals surface area contributed by atoms with Crippen LogP contribution >= 0.6 is 11.6 Å². The molecule has 0 saturated heterocycles. The summed E-state index contributed by atoms with van der Waals surface area (Å²) in [6.07, 6.45) is -1.13. The van der Waals surface area contributed by atoms with E-state index in [0.717, 1.165) is 5.56 Å². The highest BCUT2D eigenvalue weighted by Gasteiger charge is 2.32. The average molecular weight is 403 g/mol. The number of hydrogen-bond donors (Lipinski definition) is 1. The number of amides is 3. The lowest BCUT2D eigenvalue weighted by molar-refractivity contribution is -0.146. The van der Waals surface area contributed by atoms with Gasteiger partial charge in [0.1, 0.15) is 6.10 Å². The van der Waals surface area contributed by atoms with Crippen LogP contribution in [0.25, 0.3) is 0 Å². The fraction of sp³-hybridized carbons (Fsp3) is 0.250. The fourth-order valence-corrected chi connectivity index (χ4v) is 3.23. The summed E-state index contributed by atoms with van der Waals surface area (Å²) in [6, 6.07) is 13.6. The number of hydrogen-bond acceptors (Lipinski definition) is 5. The Hall–Kier alpha value is -3.06. The second kappa shape index (κ2) is 8.31. The molecular weight excluding hydrogens is 384 g/mol. The van der Waals surface area contributed by atoms with Crippen LogP contribution in [0, 0.1) is 0 Å². The molecule has 3 amide bonds. The molecule has 7 nitrogen and oxygen atoms in total.